The smallest absolute Gasteiger partial charge is 0.276 e. The molecule has 3 N–H and O–H groups in total. The van der Waals surface area contributed by atoms with Crippen LogP contribution in [0.25, 0.3) is 0 Å². The topological polar surface area (TPSA) is 75.0 Å². The second kappa shape index (κ2) is 6.08. The van der Waals surface area contributed by atoms with Crippen molar-refractivity contribution in [3.05, 3.63) is 11.4 Å². The van der Waals surface area contributed by atoms with Crippen LogP contribution in [0.3, 0.4) is 0 Å². The minimum Gasteiger partial charge on any atom is -0.395 e. The summed E-state index contributed by atoms with van der Waals surface area (Å²) in [5, 5.41) is 7.02. The summed E-state index contributed by atoms with van der Waals surface area (Å²) in [6.45, 7) is 5.80. The molecule has 1 heterocycles. The van der Waals surface area contributed by atoms with E-state index in [0.717, 1.165) is 38.0 Å². The van der Waals surface area contributed by atoms with Crippen LogP contribution < -0.4 is 5.73 Å². The predicted octanol–water partition coefficient (Wildman–Crippen LogP) is 2.21. The summed E-state index contributed by atoms with van der Waals surface area (Å²) in [5.41, 5.74) is 7.84. The van der Waals surface area contributed by atoms with Crippen LogP contribution in [-0.2, 0) is 6.42 Å². The van der Waals surface area contributed by atoms with Crippen molar-refractivity contribution in [2.24, 2.45) is 5.92 Å². The first kappa shape index (κ1) is 13.9. The highest BCUT2D eigenvalue weighted by Gasteiger charge is 2.29. The Morgan fingerprint density at radius 1 is 1.42 bits per heavy atom. The normalized spacial score (nSPS) is 14.6. The monoisotopic (exact) mass is 264 g/mol. The van der Waals surface area contributed by atoms with Crippen molar-refractivity contribution in [3.63, 3.8) is 0 Å². The molecule has 1 aromatic heterocycles. The van der Waals surface area contributed by atoms with Gasteiger partial charge in [0, 0.05) is 13.1 Å². The molecule has 0 spiro atoms. The maximum Gasteiger partial charge on any atom is 0.276 e. The highest BCUT2D eigenvalue weighted by atomic mass is 16.2. The van der Waals surface area contributed by atoms with E-state index in [-0.39, 0.29) is 5.91 Å². The van der Waals surface area contributed by atoms with Gasteiger partial charge in [-0.1, -0.05) is 20.3 Å². The first-order valence-electron chi connectivity index (χ1n) is 7.29. The predicted molar refractivity (Wildman–Crippen MR) is 75.9 cm³/mol. The number of anilines is 1. The van der Waals surface area contributed by atoms with E-state index in [1.54, 1.807) is 0 Å². The maximum absolute atomic E-state index is 12.5. The van der Waals surface area contributed by atoms with E-state index in [1.807, 2.05) is 4.90 Å². The van der Waals surface area contributed by atoms with Crippen molar-refractivity contribution in [1.29, 1.82) is 0 Å². The van der Waals surface area contributed by atoms with Gasteiger partial charge in [-0.2, -0.15) is 5.10 Å². The van der Waals surface area contributed by atoms with Gasteiger partial charge in [0.1, 0.15) is 0 Å². The number of nitrogens with zero attached hydrogens (tertiary/aromatic N) is 2. The lowest BCUT2D eigenvalue weighted by molar-refractivity contribution is 0.0743. The third-order valence-electron chi connectivity index (χ3n) is 3.54. The first-order chi connectivity index (χ1) is 9.17. The number of hydrogen-bond acceptors (Lipinski definition) is 3. The molecule has 0 aromatic carbocycles. The molecule has 1 aromatic rings. The largest absolute Gasteiger partial charge is 0.395 e. The Balaban J connectivity index is 2.10. The Morgan fingerprint density at radius 2 is 2.16 bits per heavy atom. The molecule has 0 unspecified atom stereocenters. The summed E-state index contributed by atoms with van der Waals surface area (Å²) in [7, 11) is 0. The van der Waals surface area contributed by atoms with Gasteiger partial charge >= 0.3 is 0 Å². The van der Waals surface area contributed by atoms with Crippen LogP contribution in [0, 0.1) is 5.92 Å². The zero-order valence-electron chi connectivity index (χ0n) is 11.9. The molecule has 1 fully saturated rings. The highest BCUT2D eigenvalue weighted by Crippen LogP contribution is 2.30. The fourth-order valence-electron chi connectivity index (χ4n) is 2.30. The number of aryl methyl sites for hydroxylation is 1. The van der Waals surface area contributed by atoms with Crippen LogP contribution in [0.1, 0.15) is 55.7 Å². The van der Waals surface area contributed by atoms with Crippen LogP contribution in [0.2, 0.25) is 0 Å². The standard InChI is InChI=1S/C14H24N4O/c1-3-5-11-12(15)13(17-16-11)14(19)18(8-4-2)9-10-6-7-10/h10H,3-9,15H2,1-2H3,(H,16,17). The van der Waals surface area contributed by atoms with Crippen molar-refractivity contribution in [2.45, 2.75) is 46.0 Å². The van der Waals surface area contributed by atoms with E-state index in [0.29, 0.717) is 17.3 Å². The van der Waals surface area contributed by atoms with Gasteiger partial charge in [-0.15, -0.1) is 0 Å². The number of amides is 1. The molecule has 1 saturated carbocycles. The van der Waals surface area contributed by atoms with E-state index in [9.17, 15) is 4.79 Å². The number of carbonyl (C=O) groups excluding carboxylic acids is 1. The molecule has 19 heavy (non-hydrogen) atoms. The second-order valence-corrected chi connectivity index (χ2v) is 5.41. The molecule has 2 rings (SSSR count). The minimum absolute atomic E-state index is 0.0233. The van der Waals surface area contributed by atoms with E-state index in [1.165, 1.54) is 12.8 Å². The number of aromatic amines is 1. The number of nitrogens with two attached hydrogens (primary N) is 1. The van der Waals surface area contributed by atoms with Crippen LogP contribution in [0.15, 0.2) is 0 Å². The van der Waals surface area contributed by atoms with Gasteiger partial charge in [0.25, 0.3) is 5.91 Å². The number of hydrogen-bond donors (Lipinski definition) is 2. The number of H-pyrrole nitrogens is 1. The Kier molecular flexibility index (Phi) is 4.45. The summed E-state index contributed by atoms with van der Waals surface area (Å²) < 4.78 is 0. The summed E-state index contributed by atoms with van der Waals surface area (Å²) >= 11 is 0. The van der Waals surface area contributed by atoms with Crippen molar-refractivity contribution in [1.82, 2.24) is 15.1 Å². The molecule has 0 bridgehead atoms. The zero-order chi connectivity index (χ0) is 13.8. The third kappa shape index (κ3) is 3.28. The maximum atomic E-state index is 12.5. The molecule has 106 valence electrons. The van der Waals surface area contributed by atoms with Crippen molar-refractivity contribution in [3.8, 4) is 0 Å². The molecular weight excluding hydrogens is 240 g/mol. The summed E-state index contributed by atoms with van der Waals surface area (Å²) in [4.78, 5) is 14.4. The van der Waals surface area contributed by atoms with Crippen LogP contribution >= 0.6 is 0 Å². The number of rotatable bonds is 7. The lowest BCUT2D eigenvalue weighted by atomic mass is 10.2. The molecule has 1 amide bonds. The van der Waals surface area contributed by atoms with E-state index < -0.39 is 0 Å². The van der Waals surface area contributed by atoms with E-state index in [2.05, 4.69) is 24.0 Å². The molecular formula is C14H24N4O. The SMILES string of the molecule is CCCc1[nH]nc(C(=O)N(CCC)CC2CC2)c1N. The van der Waals surface area contributed by atoms with E-state index >= 15 is 0 Å². The number of nitrogens with one attached hydrogen (secondary N) is 1. The minimum atomic E-state index is -0.0233. The molecule has 5 nitrogen and oxygen atoms in total. The van der Waals surface area contributed by atoms with Crippen LogP contribution in [0.5, 0.6) is 0 Å². The quantitative estimate of drug-likeness (QED) is 0.792. The lowest BCUT2D eigenvalue weighted by Gasteiger charge is -2.21. The summed E-state index contributed by atoms with van der Waals surface area (Å²) in [5.74, 6) is 0.663. The van der Waals surface area contributed by atoms with Crippen molar-refractivity contribution >= 4 is 11.6 Å². The molecule has 0 radical (unpaired) electrons. The zero-order valence-corrected chi connectivity index (χ0v) is 11.9. The summed E-state index contributed by atoms with van der Waals surface area (Å²) in [6.07, 6.45) is 5.27. The van der Waals surface area contributed by atoms with Crippen molar-refractivity contribution in [2.75, 3.05) is 18.8 Å². The Morgan fingerprint density at radius 3 is 2.74 bits per heavy atom. The summed E-state index contributed by atoms with van der Waals surface area (Å²) in [6, 6.07) is 0. The molecule has 5 heteroatoms. The van der Waals surface area contributed by atoms with Crippen LogP contribution in [-0.4, -0.2) is 34.1 Å². The Labute approximate surface area is 114 Å². The third-order valence-corrected chi connectivity index (χ3v) is 3.54. The molecule has 0 atom stereocenters. The first-order valence-corrected chi connectivity index (χ1v) is 7.29. The fraction of sp³-hybridized carbons (Fsp3) is 0.714. The van der Waals surface area contributed by atoms with Gasteiger partial charge in [0.15, 0.2) is 5.69 Å². The Bertz CT molecular complexity index is 437. The molecule has 1 aliphatic carbocycles. The van der Waals surface area contributed by atoms with Gasteiger partial charge < -0.3 is 10.6 Å². The van der Waals surface area contributed by atoms with E-state index in [4.69, 9.17) is 5.73 Å². The van der Waals surface area contributed by atoms with Gasteiger partial charge in [-0.3, -0.25) is 9.89 Å². The Hall–Kier alpha value is -1.52. The fourth-order valence-corrected chi connectivity index (χ4v) is 2.30. The second-order valence-electron chi connectivity index (χ2n) is 5.41. The van der Waals surface area contributed by atoms with Crippen LogP contribution in [0.4, 0.5) is 5.69 Å². The highest BCUT2D eigenvalue weighted by molar-refractivity contribution is 5.97. The molecule has 1 aliphatic rings. The molecule has 0 saturated heterocycles. The van der Waals surface area contributed by atoms with Crippen molar-refractivity contribution < 1.29 is 4.79 Å². The molecule has 0 aliphatic heterocycles. The van der Waals surface area contributed by atoms with Gasteiger partial charge in [-0.25, -0.2) is 0 Å². The average molecular weight is 264 g/mol. The van der Waals surface area contributed by atoms with Gasteiger partial charge in [0.05, 0.1) is 11.4 Å². The number of aromatic nitrogens is 2. The van der Waals surface area contributed by atoms with Gasteiger partial charge in [-0.05, 0) is 31.6 Å². The number of nitrogen functional groups attached to an aromatic ring is 1. The number of carbonyl (C=O) groups is 1. The lowest BCUT2D eigenvalue weighted by Crippen LogP contribution is -2.34. The van der Waals surface area contributed by atoms with Gasteiger partial charge in [0.2, 0.25) is 0 Å². The average Bonchev–Trinajstić information content (AvgIpc) is 3.14.